The standard InChI is InChI=1S/C17H20N4O/c1-11-9-13(11)17(22)19-8-6-16-14(10-20-12(2)21-16)15-5-3-4-7-18-15/h3-5,7,10-11,13H,6,8-9H2,1-2H3,(H,19,22)/t11-,13-/m1/s1. The van der Waals surface area contributed by atoms with Gasteiger partial charge in [0.05, 0.1) is 11.4 Å². The van der Waals surface area contributed by atoms with Crippen molar-refractivity contribution in [3.63, 3.8) is 0 Å². The Balaban J connectivity index is 1.70. The summed E-state index contributed by atoms with van der Waals surface area (Å²) in [5.41, 5.74) is 2.72. The fraction of sp³-hybridized carbons (Fsp3) is 0.412. The molecule has 3 rings (SSSR count). The van der Waals surface area contributed by atoms with Gasteiger partial charge in [0.25, 0.3) is 0 Å². The van der Waals surface area contributed by atoms with Crippen molar-refractivity contribution in [1.29, 1.82) is 0 Å². The molecule has 114 valence electrons. The molecule has 1 aliphatic rings. The lowest BCUT2D eigenvalue weighted by atomic mass is 10.1. The van der Waals surface area contributed by atoms with Crippen molar-refractivity contribution in [2.24, 2.45) is 11.8 Å². The van der Waals surface area contributed by atoms with Gasteiger partial charge >= 0.3 is 0 Å². The Kier molecular flexibility index (Phi) is 4.13. The monoisotopic (exact) mass is 296 g/mol. The van der Waals surface area contributed by atoms with Crippen molar-refractivity contribution in [2.45, 2.75) is 26.7 Å². The smallest absolute Gasteiger partial charge is 0.223 e. The lowest BCUT2D eigenvalue weighted by Crippen LogP contribution is -2.28. The summed E-state index contributed by atoms with van der Waals surface area (Å²) in [6.45, 7) is 4.58. The molecule has 2 atom stereocenters. The van der Waals surface area contributed by atoms with Crippen molar-refractivity contribution in [3.8, 4) is 11.3 Å². The van der Waals surface area contributed by atoms with Crippen molar-refractivity contribution < 1.29 is 4.79 Å². The molecule has 1 saturated carbocycles. The fourth-order valence-electron chi connectivity index (χ4n) is 2.57. The number of pyridine rings is 1. The summed E-state index contributed by atoms with van der Waals surface area (Å²) in [5, 5.41) is 3.00. The minimum atomic E-state index is 0.165. The van der Waals surface area contributed by atoms with Crippen LogP contribution in [0.25, 0.3) is 11.3 Å². The maximum Gasteiger partial charge on any atom is 0.223 e. The van der Waals surface area contributed by atoms with E-state index in [0.717, 1.165) is 29.2 Å². The molecule has 5 nitrogen and oxygen atoms in total. The summed E-state index contributed by atoms with van der Waals surface area (Å²) < 4.78 is 0. The van der Waals surface area contributed by atoms with Crippen molar-refractivity contribution in [2.75, 3.05) is 6.54 Å². The number of amides is 1. The zero-order chi connectivity index (χ0) is 15.5. The second kappa shape index (κ2) is 6.22. The Morgan fingerprint density at radius 2 is 2.18 bits per heavy atom. The van der Waals surface area contributed by atoms with Gasteiger partial charge in [0.2, 0.25) is 5.91 Å². The highest BCUT2D eigenvalue weighted by molar-refractivity contribution is 5.81. The lowest BCUT2D eigenvalue weighted by molar-refractivity contribution is -0.122. The maximum absolute atomic E-state index is 11.9. The first-order chi connectivity index (χ1) is 10.6. The topological polar surface area (TPSA) is 67.8 Å². The molecule has 2 aromatic rings. The predicted octanol–water partition coefficient (Wildman–Crippen LogP) is 2.16. The first-order valence-electron chi connectivity index (χ1n) is 7.67. The van der Waals surface area contributed by atoms with Crippen LogP contribution in [-0.2, 0) is 11.2 Å². The molecule has 0 unspecified atom stereocenters. The van der Waals surface area contributed by atoms with Gasteiger partial charge in [-0.2, -0.15) is 0 Å². The van der Waals surface area contributed by atoms with Crippen LogP contribution < -0.4 is 5.32 Å². The van der Waals surface area contributed by atoms with Gasteiger partial charge < -0.3 is 5.32 Å². The minimum Gasteiger partial charge on any atom is -0.355 e. The average Bonchev–Trinajstić information content (AvgIpc) is 3.25. The van der Waals surface area contributed by atoms with Crippen molar-refractivity contribution >= 4 is 5.91 Å². The van der Waals surface area contributed by atoms with Crippen LogP contribution in [0.4, 0.5) is 0 Å². The van der Waals surface area contributed by atoms with Crippen LogP contribution in [0.1, 0.15) is 24.9 Å². The van der Waals surface area contributed by atoms with Gasteiger partial charge in [-0.3, -0.25) is 9.78 Å². The van der Waals surface area contributed by atoms with Crippen molar-refractivity contribution in [3.05, 3.63) is 42.1 Å². The van der Waals surface area contributed by atoms with E-state index in [2.05, 4.69) is 27.2 Å². The Labute approximate surface area is 130 Å². The third-order valence-corrected chi connectivity index (χ3v) is 4.04. The number of aromatic nitrogens is 3. The van der Waals surface area contributed by atoms with E-state index in [9.17, 15) is 4.79 Å². The van der Waals surface area contributed by atoms with Gasteiger partial charge in [-0.05, 0) is 31.4 Å². The third-order valence-electron chi connectivity index (χ3n) is 4.04. The zero-order valence-electron chi connectivity index (χ0n) is 12.9. The van der Waals surface area contributed by atoms with E-state index < -0.39 is 0 Å². The molecule has 2 aromatic heterocycles. The Morgan fingerprint density at radius 3 is 2.86 bits per heavy atom. The minimum absolute atomic E-state index is 0.165. The van der Waals surface area contributed by atoms with Gasteiger partial charge in [0, 0.05) is 36.8 Å². The van der Waals surface area contributed by atoms with E-state index in [-0.39, 0.29) is 11.8 Å². The average molecular weight is 296 g/mol. The number of aryl methyl sites for hydroxylation is 1. The Hall–Kier alpha value is -2.30. The largest absolute Gasteiger partial charge is 0.355 e. The van der Waals surface area contributed by atoms with Crippen LogP contribution in [0.5, 0.6) is 0 Å². The highest BCUT2D eigenvalue weighted by Gasteiger charge is 2.38. The summed E-state index contributed by atoms with van der Waals surface area (Å²) in [4.78, 5) is 25.0. The molecular formula is C17H20N4O. The molecule has 0 spiro atoms. The van der Waals surface area contributed by atoms with Crippen LogP contribution in [0.3, 0.4) is 0 Å². The van der Waals surface area contributed by atoms with Gasteiger partial charge in [0.1, 0.15) is 5.82 Å². The molecule has 0 aliphatic heterocycles. The highest BCUT2D eigenvalue weighted by Crippen LogP contribution is 2.37. The number of nitrogens with zero attached hydrogens (tertiary/aromatic N) is 3. The predicted molar refractivity (Wildman–Crippen MR) is 84.0 cm³/mol. The molecule has 0 aromatic carbocycles. The summed E-state index contributed by atoms with van der Waals surface area (Å²) in [5.74, 6) is 1.64. The molecule has 0 radical (unpaired) electrons. The number of hydrogen-bond donors (Lipinski definition) is 1. The quantitative estimate of drug-likeness (QED) is 0.918. The van der Waals surface area contributed by atoms with Gasteiger partial charge in [-0.1, -0.05) is 13.0 Å². The second-order valence-corrected chi connectivity index (χ2v) is 5.85. The fourth-order valence-corrected chi connectivity index (χ4v) is 2.57. The maximum atomic E-state index is 11.9. The van der Waals surface area contributed by atoms with E-state index in [4.69, 9.17) is 0 Å². The zero-order valence-corrected chi connectivity index (χ0v) is 12.9. The van der Waals surface area contributed by atoms with E-state index in [1.54, 1.807) is 6.20 Å². The normalized spacial score (nSPS) is 19.7. The van der Waals surface area contributed by atoms with Crippen molar-refractivity contribution in [1.82, 2.24) is 20.3 Å². The molecule has 1 N–H and O–H groups in total. The molecule has 1 fully saturated rings. The summed E-state index contributed by atoms with van der Waals surface area (Å²) in [6.07, 6.45) is 5.26. The molecule has 22 heavy (non-hydrogen) atoms. The molecule has 2 heterocycles. The number of carbonyl (C=O) groups is 1. The van der Waals surface area contributed by atoms with Crippen LogP contribution in [0, 0.1) is 18.8 Å². The SMILES string of the molecule is Cc1ncc(-c2ccccn2)c(CCNC(=O)[C@@H]2C[C@H]2C)n1. The van der Waals surface area contributed by atoms with Gasteiger partial charge in [0.15, 0.2) is 0 Å². The number of carbonyl (C=O) groups excluding carboxylic acids is 1. The molecule has 1 aliphatic carbocycles. The van der Waals surface area contributed by atoms with E-state index >= 15 is 0 Å². The molecule has 0 saturated heterocycles. The number of nitrogens with one attached hydrogen (secondary N) is 1. The van der Waals surface area contributed by atoms with Gasteiger partial charge in [-0.15, -0.1) is 0 Å². The van der Waals surface area contributed by atoms with Gasteiger partial charge in [-0.25, -0.2) is 9.97 Å². The lowest BCUT2D eigenvalue weighted by Gasteiger charge is -2.09. The first kappa shape index (κ1) is 14.6. The van der Waals surface area contributed by atoms with Crippen LogP contribution in [0.15, 0.2) is 30.6 Å². The van der Waals surface area contributed by atoms with Crippen LogP contribution >= 0.6 is 0 Å². The Morgan fingerprint density at radius 1 is 1.36 bits per heavy atom. The van der Waals surface area contributed by atoms with E-state index in [1.807, 2.05) is 31.3 Å². The molecular weight excluding hydrogens is 276 g/mol. The molecule has 0 bridgehead atoms. The van der Waals surface area contributed by atoms with Crippen LogP contribution in [-0.4, -0.2) is 27.4 Å². The molecule has 1 amide bonds. The highest BCUT2D eigenvalue weighted by atomic mass is 16.2. The third kappa shape index (κ3) is 3.30. The summed E-state index contributed by atoms with van der Waals surface area (Å²) >= 11 is 0. The Bertz CT molecular complexity index is 672. The summed E-state index contributed by atoms with van der Waals surface area (Å²) in [7, 11) is 0. The van der Waals surface area contributed by atoms with E-state index in [1.165, 1.54) is 0 Å². The van der Waals surface area contributed by atoms with Crippen LogP contribution in [0.2, 0.25) is 0 Å². The number of hydrogen-bond acceptors (Lipinski definition) is 4. The molecule has 5 heteroatoms. The summed E-state index contributed by atoms with van der Waals surface area (Å²) in [6, 6.07) is 5.78. The first-order valence-corrected chi connectivity index (χ1v) is 7.67. The second-order valence-electron chi connectivity index (χ2n) is 5.85. The van der Waals surface area contributed by atoms with E-state index in [0.29, 0.717) is 18.9 Å². The number of rotatable bonds is 5.